The second-order valence-corrected chi connectivity index (χ2v) is 3.26. The van der Waals surface area contributed by atoms with Crippen molar-refractivity contribution in [2.45, 2.75) is 33.1 Å². The van der Waals surface area contributed by atoms with E-state index in [0.717, 1.165) is 17.5 Å². The Labute approximate surface area is 79.0 Å². The van der Waals surface area contributed by atoms with Crippen LogP contribution in [0.15, 0.2) is 18.5 Å². The van der Waals surface area contributed by atoms with Gasteiger partial charge in [-0.1, -0.05) is 13.0 Å². The normalized spacial score (nSPS) is 10.0. The van der Waals surface area contributed by atoms with Crippen LogP contribution in [0.2, 0.25) is 0 Å². The minimum Gasteiger partial charge on any atom is -0.300 e. The summed E-state index contributed by atoms with van der Waals surface area (Å²) in [7, 11) is 0. The number of aromatic nitrogens is 1. The number of pyridine rings is 1. The molecule has 0 amide bonds. The number of Topliss-reactive ketones (excluding diaryl/α,β-unsaturated/α-hetero) is 1. The van der Waals surface area contributed by atoms with Gasteiger partial charge in [0, 0.05) is 25.2 Å². The highest BCUT2D eigenvalue weighted by Gasteiger charge is 1.99. The molecule has 2 nitrogen and oxygen atoms in total. The first kappa shape index (κ1) is 9.90. The summed E-state index contributed by atoms with van der Waals surface area (Å²) in [5.74, 6) is 0.321. The maximum Gasteiger partial charge on any atom is 0.132 e. The highest BCUT2D eigenvalue weighted by atomic mass is 16.1. The van der Waals surface area contributed by atoms with Gasteiger partial charge >= 0.3 is 0 Å². The molecule has 1 aromatic heterocycles. The number of hydrogen-bond acceptors (Lipinski definition) is 2. The summed E-state index contributed by atoms with van der Waals surface area (Å²) in [4.78, 5) is 15.1. The van der Waals surface area contributed by atoms with Gasteiger partial charge in [0.2, 0.25) is 0 Å². The van der Waals surface area contributed by atoms with Crippen molar-refractivity contribution in [3.05, 3.63) is 29.6 Å². The van der Waals surface area contributed by atoms with Crippen molar-refractivity contribution in [2.75, 3.05) is 0 Å². The van der Waals surface area contributed by atoms with Crippen molar-refractivity contribution in [1.29, 1.82) is 0 Å². The zero-order chi connectivity index (χ0) is 9.68. The minimum absolute atomic E-state index is 0.321. The largest absolute Gasteiger partial charge is 0.300 e. The average Bonchev–Trinajstić information content (AvgIpc) is 2.14. The Morgan fingerprint density at radius 1 is 1.46 bits per heavy atom. The fourth-order valence-electron chi connectivity index (χ4n) is 1.21. The smallest absolute Gasteiger partial charge is 0.132 e. The molecule has 1 heterocycles. The summed E-state index contributed by atoms with van der Waals surface area (Å²) in [5, 5.41) is 0. The zero-order valence-corrected chi connectivity index (χ0v) is 8.21. The summed E-state index contributed by atoms with van der Waals surface area (Å²) in [6.45, 7) is 3.91. The Balaban J connectivity index is 2.50. The van der Waals surface area contributed by atoms with Crippen molar-refractivity contribution >= 4 is 5.78 Å². The van der Waals surface area contributed by atoms with Gasteiger partial charge in [0.15, 0.2) is 0 Å². The summed E-state index contributed by atoms with van der Waals surface area (Å²) < 4.78 is 0. The van der Waals surface area contributed by atoms with Gasteiger partial charge in [-0.15, -0.1) is 0 Å². The van der Waals surface area contributed by atoms with Crippen LogP contribution < -0.4 is 0 Å². The Bertz CT molecular complexity index is 294. The van der Waals surface area contributed by atoms with E-state index in [2.05, 4.69) is 11.1 Å². The Hall–Kier alpha value is -1.18. The van der Waals surface area contributed by atoms with Gasteiger partial charge in [-0.2, -0.15) is 0 Å². The molecule has 0 radical (unpaired) electrons. The van der Waals surface area contributed by atoms with E-state index < -0.39 is 0 Å². The molecule has 0 N–H and O–H groups in total. The van der Waals surface area contributed by atoms with Gasteiger partial charge in [-0.25, -0.2) is 0 Å². The third-order valence-electron chi connectivity index (χ3n) is 2.02. The molecule has 13 heavy (non-hydrogen) atoms. The molecular formula is C11H15NO. The van der Waals surface area contributed by atoms with Gasteiger partial charge < -0.3 is 0 Å². The average molecular weight is 177 g/mol. The third-order valence-corrected chi connectivity index (χ3v) is 2.02. The van der Waals surface area contributed by atoms with E-state index in [1.165, 1.54) is 0 Å². The van der Waals surface area contributed by atoms with Crippen LogP contribution in [0.25, 0.3) is 0 Å². The van der Waals surface area contributed by atoms with Crippen LogP contribution >= 0.6 is 0 Å². The number of ketones is 1. The van der Waals surface area contributed by atoms with E-state index >= 15 is 0 Å². The van der Waals surface area contributed by atoms with Gasteiger partial charge in [-0.3, -0.25) is 9.78 Å². The highest BCUT2D eigenvalue weighted by molar-refractivity contribution is 5.78. The maximum absolute atomic E-state index is 11.0. The van der Waals surface area contributed by atoms with E-state index in [4.69, 9.17) is 0 Å². The molecule has 0 spiro atoms. The molecule has 2 heteroatoms. The lowest BCUT2D eigenvalue weighted by Crippen LogP contribution is -1.98. The number of nitrogens with zero attached hydrogens (tertiary/aromatic N) is 1. The molecule has 1 aromatic rings. The molecule has 0 atom stereocenters. The lowest BCUT2D eigenvalue weighted by molar-refractivity contribution is -0.118. The molecule has 1 rings (SSSR count). The minimum atomic E-state index is 0.321. The molecule has 70 valence electrons. The predicted molar refractivity (Wildman–Crippen MR) is 52.6 cm³/mol. The monoisotopic (exact) mass is 177 g/mol. The van der Waals surface area contributed by atoms with Crippen molar-refractivity contribution < 1.29 is 4.79 Å². The molecule has 0 aliphatic carbocycles. The lowest BCUT2D eigenvalue weighted by atomic mass is 10.1. The van der Waals surface area contributed by atoms with Crippen LogP contribution in [-0.2, 0) is 11.2 Å². The van der Waals surface area contributed by atoms with Crippen molar-refractivity contribution in [2.24, 2.45) is 0 Å². The standard InChI is InChI=1S/C11H15NO/c1-3-11(13)5-4-10-6-9(2)7-12-8-10/h6-8H,3-5H2,1-2H3. The van der Waals surface area contributed by atoms with Crippen molar-refractivity contribution in [3.63, 3.8) is 0 Å². The predicted octanol–water partition coefficient (Wildman–Crippen LogP) is 2.30. The number of carbonyl (C=O) groups excluding carboxylic acids is 1. The van der Waals surface area contributed by atoms with Crippen LogP contribution in [0.4, 0.5) is 0 Å². The van der Waals surface area contributed by atoms with E-state index in [0.29, 0.717) is 18.6 Å². The van der Waals surface area contributed by atoms with E-state index in [1.54, 1.807) is 0 Å². The van der Waals surface area contributed by atoms with Gasteiger partial charge in [0.1, 0.15) is 5.78 Å². The topological polar surface area (TPSA) is 30.0 Å². The van der Waals surface area contributed by atoms with Gasteiger partial charge in [-0.05, 0) is 24.5 Å². The van der Waals surface area contributed by atoms with Crippen LogP contribution in [-0.4, -0.2) is 10.8 Å². The van der Waals surface area contributed by atoms with Crippen molar-refractivity contribution in [3.8, 4) is 0 Å². The second-order valence-electron chi connectivity index (χ2n) is 3.26. The van der Waals surface area contributed by atoms with E-state index in [1.807, 2.05) is 26.2 Å². The number of carbonyl (C=O) groups is 1. The molecular weight excluding hydrogens is 162 g/mol. The Morgan fingerprint density at radius 2 is 2.23 bits per heavy atom. The second kappa shape index (κ2) is 4.75. The van der Waals surface area contributed by atoms with Crippen LogP contribution in [0, 0.1) is 6.92 Å². The molecule has 0 fully saturated rings. The molecule has 0 saturated heterocycles. The van der Waals surface area contributed by atoms with Crippen molar-refractivity contribution in [1.82, 2.24) is 4.98 Å². The zero-order valence-electron chi connectivity index (χ0n) is 8.21. The maximum atomic E-state index is 11.0. The fraction of sp³-hybridized carbons (Fsp3) is 0.455. The van der Waals surface area contributed by atoms with Gasteiger partial charge in [0.25, 0.3) is 0 Å². The SMILES string of the molecule is CCC(=O)CCc1cncc(C)c1. The van der Waals surface area contributed by atoms with E-state index in [-0.39, 0.29) is 0 Å². The Morgan fingerprint density at radius 3 is 2.85 bits per heavy atom. The third kappa shape index (κ3) is 3.36. The summed E-state index contributed by atoms with van der Waals surface area (Å²) >= 11 is 0. The molecule has 0 aromatic carbocycles. The molecule has 0 unspecified atom stereocenters. The van der Waals surface area contributed by atoms with Crippen LogP contribution in [0.3, 0.4) is 0 Å². The van der Waals surface area contributed by atoms with E-state index in [9.17, 15) is 4.79 Å². The molecule has 0 aliphatic heterocycles. The fourth-order valence-corrected chi connectivity index (χ4v) is 1.21. The summed E-state index contributed by atoms with van der Waals surface area (Å²) in [6, 6.07) is 2.08. The first-order chi connectivity index (χ1) is 6.22. The molecule has 0 saturated carbocycles. The molecule has 0 bridgehead atoms. The quantitative estimate of drug-likeness (QED) is 0.706. The highest BCUT2D eigenvalue weighted by Crippen LogP contribution is 2.05. The number of hydrogen-bond donors (Lipinski definition) is 0. The lowest BCUT2D eigenvalue weighted by Gasteiger charge is -2.00. The Kier molecular flexibility index (Phi) is 3.62. The summed E-state index contributed by atoms with van der Waals surface area (Å²) in [5.41, 5.74) is 2.31. The number of rotatable bonds is 4. The first-order valence-corrected chi connectivity index (χ1v) is 4.64. The van der Waals surface area contributed by atoms with Gasteiger partial charge in [0.05, 0.1) is 0 Å². The van der Waals surface area contributed by atoms with Crippen LogP contribution in [0.1, 0.15) is 30.9 Å². The summed E-state index contributed by atoms with van der Waals surface area (Å²) in [6.07, 6.45) is 5.75. The number of aryl methyl sites for hydroxylation is 2. The van der Waals surface area contributed by atoms with Crippen LogP contribution in [0.5, 0.6) is 0 Å². The first-order valence-electron chi connectivity index (χ1n) is 4.64. The molecule has 0 aliphatic rings.